The number of nitrogens with zero attached hydrogens (tertiary/aromatic N) is 1. The molecule has 6 heteroatoms. The number of anilines is 1. The topological polar surface area (TPSA) is 64.1 Å². The van der Waals surface area contributed by atoms with Crippen molar-refractivity contribution in [1.29, 1.82) is 0 Å². The van der Waals surface area contributed by atoms with Crippen molar-refractivity contribution >= 4 is 11.6 Å². The molecule has 1 aromatic rings. The Morgan fingerprint density at radius 3 is 2.73 bits per heavy atom. The molecule has 6 nitrogen and oxygen atoms in total. The fraction of sp³-hybridized carbons (Fsp3) is 0.650. The van der Waals surface area contributed by atoms with Crippen LogP contribution in [-0.4, -0.2) is 52.6 Å². The molecular formula is C20H35N3O3. The van der Waals surface area contributed by atoms with Gasteiger partial charge in [0.25, 0.3) is 0 Å². The lowest BCUT2D eigenvalue weighted by Crippen LogP contribution is -2.30. The van der Waals surface area contributed by atoms with Crippen LogP contribution in [0, 0.1) is 5.92 Å². The van der Waals surface area contributed by atoms with Gasteiger partial charge in [-0.15, -0.1) is 0 Å². The lowest BCUT2D eigenvalue weighted by molar-refractivity contribution is 0.109. The minimum atomic E-state index is 0.571. The molecule has 26 heavy (non-hydrogen) atoms. The summed E-state index contributed by atoms with van der Waals surface area (Å²) in [5.74, 6) is 2.18. The first-order valence-electron chi connectivity index (χ1n) is 9.50. The Morgan fingerprint density at radius 2 is 2.00 bits per heavy atom. The zero-order valence-electron chi connectivity index (χ0n) is 16.7. The van der Waals surface area contributed by atoms with Crippen LogP contribution in [0.25, 0.3) is 0 Å². The number of benzene rings is 1. The molecule has 1 aromatic carbocycles. The number of aliphatic imine (C=N–C) groups is 1. The Kier molecular flexibility index (Phi) is 12.3. The predicted molar refractivity (Wildman–Crippen MR) is 108 cm³/mol. The largest absolute Gasteiger partial charge is 0.493 e. The zero-order valence-corrected chi connectivity index (χ0v) is 16.7. The van der Waals surface area contributed by atoms with Crippen molar-refractivity contribution in [2.45, 2.75) is 33.6 Å². The predicted octanol–water partition coefficient (Wildman–Crippen LogP) is 3.54. The van der Waals surface area contributed by atoms with Crippen molar-refractivity contribution in [1.82, 2.24) is 5.32 Å². The molecule has 0 aliphatic rings. The molecule has 1 rings (SSSR count). The fourth-order valence-corrected chi connectivity index (χ4v) is 2.18. The van der Waals surface area contributed by atoms with Gasteiger partial charge in [-0.05, 0) is 31.4 Å². The van der Waals surface area contributed by atoms with Gasteiger partial charge in [-0.1, -0.05) is 19.9 Å². The summed E-state index contributed by atoms with van der Waals surface area (Å²) in [7, 11) is 1.70. The highest BCUT2D eigenvalue weighted by Crippen LogP contribution is 2.17. The fourth-order valence-electron chi connectivity index (χ4n) is 2.18. The third-order valence-electron chi connectivity index (χ3n) is 3.37. The third kappa shape index (κ3) is 10.9. The molecule has 0 spiro atoms. The second-order valence-corrected chi connectivity index (χ2v) is 6.43. The highest BCUT2D eigenvalue weighted by molar-refractivity contribution is 5.93. The van der Waals surface area contributed by atoms with Gasteiger partial charge in [0.15, 0.2) is 5.96 Å². The summed E-state index contributed by atoms with van der Waals surface area (Å²) in [5, 5.41) is 6.58. The zero-order chi connectivity index (χ0) is 19.0. The van der Waals surface area contributed by atoms with Gasteiger partial charge in [0, 0.05) is 58.2 Å². The maximum atomic E-state index is 5.74. The van der Waals surface area contributed by atoms with Crippen molar-refractivity contribution in [3.05, 3.63) is 24.3 Å². The molecule has 0 heterocycles. The molecule has 0 saturated heterocycles. The van der Waals surface area contributed by atoms with E-state index in [1.807, 2.05) is 24.3 Å². The molecule has 0 unspecified atom stereocenters. The monoisotopic (exact) mass is 365 g/mol. The van der Waals surface area contributed by atoms with Gasteiger partial charge in [-0.2, -0.15) is 0 Å². The van der Waals surface area contributed by atoms with Gasteiger partial charge in [0.1, 0.15) is 5.75 Å². The molecule has 0 radical (unpaired) electrons. The highest BCUT2D eigenvalue weighted by atomic mass is 16.5. The number of rotatable bonds is 13. The molecule has 0 aromatic heterocycles. The summed E-state index contributed by atoms with van der Waals surface area (Å²) in [6.07, 6.45) is 1.78. The lowest BCUT2D eigenvalue weighted by atomic mass is 10.2. The first-order valence-corrected chi connectivity index (χ1v) is 9.50. The van der Waals surface area contributed by atoms with Crippen LogP contribution in [0.3, 0.4) is 0 Å². The van der Waals surface area contributed by atoms with Crippen LogP contribution in [-0.2, 0) is 9.47 Å². The van der Waals surface area contributed by atoms with E-state index in [1.165, 1.54) is 0 Å². The number of guanidine groups is 1. The molecule has 0 aliphatic carbocycles. The van der Waals surface area contributed by atoms with Crippen molar-refractivity contribution in [3.8, 4) is 5.75 Å². The van der Waals surface area contributed by atoms with E-state index in [0.717, 1.165) is 56.5 Å². The van der Waals surface area contributed by atoms with E-state index in [4.69, 9.17) is 14.2 Å². The number of methoxy groups -OCH3 is 1. The number of ether oxygens (including phenoxy) is 3. The number of hydrogen-bond acceptors (Lipinski definition) is 4. The molecule has 0 aliphatic heterocycles. The van der Waals surface area contributed by atoms with E-state index in [9.17, 15) is 0 Å². The van der Waals surface area contributed by atoms with E-state index in [1.54, 1.807) is 7.11 Å². The van der Waals surface area contributed by atoms with E-state index >= 15 is 0 Å². The highest BCUT2D eigenvalue weighted by Gasteiger charge is 2.01. The normalized spacial score (nSPS) is 11.7. The minimum absolute atomic E-state index is 0.571. The minimum Gasteiger partial charge on any atom is -0.493 e. The standard InChI is InChI=1S/C20H35N3O3/c1-5-21-20(22-11-7-13-25-16-17(2)3)23-18-9-6-10-19(15-18)26-14-8-12-24-4/h6,9-10,15,17H,5,7-8,11-14,16H2,1-4H3,(H2,21,22,23). The third-order valence-corrected chi connectivity index (χ3v) is 3.37. The van der Waals surface area contributed by atoms with Crippen molar-refractivity contribution in [2.24, 2.45) is 10.9 Å². The van der Waals surface area contributed by atoms with Gasteiger partial charge in [0.05, 0.1) is 6.61 Å². The van der Waals surface area contributed by atoms with E-state index in [-0.39, 0.29) is 0 Å². The number of hydrogen-bond donors (Lipinski definition) is 2. The molecule has 2 N–H and O–H groups in total. The molecule has 0 atom stereocenters. The second-order valence-electron chi connectivity index (χ2n) is 6.43. The van der Waals surface area contributed by atoms with Crippen LogP contribution < -0.4 is 15.4 Å². The van der Waals surface area contributed by atoms with Crippen LogP contribution in [0.5, 0.6) is 5.75 Å². The first-order chi connectivity index (χ1) is 12.7. The average molecular weight is 366 g/mol. The smallest absolute Gasteiger partial charge is 0.195 e. The van der Waals surface area contributed by atoms with Gasteiger partial charge in [-0.3, -0.25) is 4.99 Å². The summed E-state index contributed by atoms with van der Waals surface area (Å²) in [6, 6.07) is 7.90. The molecule has 148 valence electrons. The molecular weight excluding hydrogens is 330 g/mol. The van der Waals surface area contributed by atoms with Gasteiger partial charge >= 0.3 is 0 Å². The van der Waals surface area contributed by atoms with Gasteiger partial charge in [-0.25, -0.2) is 0 Å². The summed E-state index contributed by atoms with van der Waals surface area (Å²) < 4.78 is 16.4. The van der Waals surface area contributed by atoms with Crippen LogP contribution in [0.1, 0.15) is 33.6 Å². The average Bonchev–Trinajstić information content (AvgIpc) is 2.62. The van der Waals surface area contributed by atoms with Crippen LogP contribution in [0.15, 0.2) is 29.3 Å². The maximum absolute atomic E-state index is 5.74. The molecule has 0 saturated carbocycles. The molecule has 0 fully saturated rings. The van der Waals surface area contributed by atoms with Gasteiger partial charge in [0.2, 0.25) is 0 Å². The van der Waals surface area contributed by atoms with Crippen LogP contribution >= 0.6 is 0 Å². The quantitative estimate of drug-likeness (QED) is 0.318. The Morgan fingerprint density at radius 1 is 1.15 bits per heavy atom. The molecule has 0 amide bonds. The Balaban J connectivity index is 2.45. The van der Waals surface area contributed by atoms with E-state index in [2.05, 4.69) is 36.4 Å². The summed E-state index contributed by atoms with van der Waals surface area (Å²) in [6.45, 7) is 10.8. The van der Waals surface area contributed by atoms with E-state index < -0.39 is 0 Å². The summed E-state index contributed by atoms with van der Waals surface area (Å²) in [4.78, 5) is 4.60. The van der Waals surface area contributed by atoms with Crippen LogP contribution in [0.2, 0.25) is 0 Å². The first kappa shape index (κ1) is 22.3. The Hall–Kier alpha value is -1.79. The van der Waals surface area contributed by atoms with E-state index in [0.29, 0.717) is 19.1 Å². The van der Waals surface area contributed by atoms with Gasteiger partial charge < -0.3 is 24.8 Å². The Bertz CT molecular complexity index is 507. The number of nitrogens with one attached hydrogen (secondary N) is 2. The van der Waals surface area contributed by atoms with Crippen molar-refractivity contribution < 1.29 is 14.2 Å². The van der Waals surface area contributed by atoms with Crippen molar-refractivity contribution in [2.75, 3.05) is 51.9 Å². The maximum Gasteiger partial charge on any atom is 0.195 e. The summed E-state index contributed by atoms with van der Waals surface area (Å²) >= 11 is 0. The molecule has 0 bridgehead atoms. The van der Waals surface area contributed by atoms with Crippen molar-refractivity contribution in [3.63, 3.8) is 0 Å². The summed E-state index contributed by atoms with van der Waals surface area (Å²) in [5.41, 5.74) is 0.949. The second kappa shape index (κ2) is 14.4. The Labute approximate surface area is 158 Å². The van der Waals surface area contributed by atoms with Crippen LogP contribution in [0.4, 0.5) is 5.69 Å². The SMILES string of the molecule is CCNC(=NCCCOCC(C)C)Nc1cccc(OCCCOC)c1. The lowest BCUT2D eigenvalue weighted by Gasteiger charge is -2.13.